The van der Waals surface area contributed by atoms with Gasteiger partial charge in [0.15, 0.2) is 17.5 Å². The van der Waals surface area contributed by atoms with Crippen molar-refractivity contribution < 1.29 is 0 Å². The summed E-state index contributed by atoms with van der Waals surface area (Å²) in [5, 5.41) is 7.25. The molecule has 0 unspecified atom stereocenters. The monoisotopic (exact) mass is 775 g/mol. The van der Waals surface area contributed by atoms with Crippen LogP contribution >= 0.6 is 0 Å². The summed E-state index contributed by atoms with van der Waals surface area (Å²) in [6.45, 7) is 0. The maximum Gasteiger partial charge on any atom is 0.164 e. The Balaban J connectivity index is 1.12. The number of hydrogen-bond donors (Lipinski definition) is 0. The summed E-state index contributed by atoms with van der Waals surface area (Å²) in [6.07, 6.45) is 0. The number of nitrogens with zero attached hydrogens (tertiary/aromatic N) is 3. The molecule has 3 nitrogen and oxygen atoms in total. The Hall–Kier alpha value is -8.01. The SMILES string of the molecule is c1ccc(-c2nc(-c3ccc4c(c3)C(c3ccccc3)(c3ccccc3)c3ccccc3-4)nc(-c3ccccc3-c3c4ccccc4cc4c3ccc3ccccc34)n2)cc1. The van der Waals surface area contributed by atoms with E-state index in [1.165, 1.54) is 71.3 Å². The molecule has 12 rings (SSSR count). The molecule has 1 heterocycles. The van der Waals surface area contributed by atoms with E-state index in [9.17, 15) is 0 Å². The van der Waals surface area contributed by atoms with Crippen molar-refractivity contribution in [3.63, 3.8) is 0 Å². The Kier molecular flexibility index (Phi) is 8.07. The van der Waals surface area contributed by atoms with Crippen molar-refractivity contribution in [2.24, 2.45) is 0 Å². The predicted octanol–water partition coefficient (Wildman–Crippen LogP) is 14.4. The molecule has 0 aliphatic heterocycles. The second-order valence-corrected chi connectivity index (χ2v) is 15.9. The van der Waals surface area contributed by atoms with Gasteiger partial charge in [0.05, 0.1) is 5.41 Å². The average molecular weight is 776 g/mol. The summed E-state index contributed by atoms with van der Waals surface area (Å²) in [4.78, 5) is 16.0. The van der Waals surface area contributed by atoms with Crippen molar-refractivity contribution in [3.8, 4) is 56.4 Å². The standard InChI is InChI=1S/C58H37N3/c1-4-19-39(20-5-1)55-59-56(41-33-34-47-46-28-16-17-31-52(46)58(53(47)37-41,42-22-6-2-7-23-42)43-24-8-3-9-25-43)61-57(60-55)50-30-15-14-29-48(50)54-45-27-13-11-21-40(45)36-51-44-26-12-10-18-38(44)32-35-49(51)54/h1-37H. The highest BCUT2D eigenvalue weighted by atomic mass is 15.0. The van der Waals surface area contributed by atoms with Crippen LogP contribution in [0.3, 0.4) is 0 Å². The third-order valence-corrected chi connectivity index (χ3v) is 12.6. The molecule has 0 N–H and O–H groups in total. The van der Waals surface area contributed by atoms with E-state index >= 15 is 0 Å². The van der Waals surface area contributed by atoms with Crippen molar-refractivity contribution in [1.29, 1.82) is 0 Å². The quantitative estimate of drug-likeness (QED) is 0.125. The van der Waals surface area contributed by atoms with Gasteiger partial charge >= 0.3 is 0 Å². The Morgan fingerprint density at radius 3 is 1.56 bits per heavy atom. The van der Waals surface area contributed by atoms with E-state index in [2.05, 4.69) is 206 Å². The van der Waals surface area contributed by atoms with Gasteiger partial charge in [0.1, 0.15) is 0 Å². The zero-order valence-electron chi connectivity index (χ0n) is 33.2. The molecule has 0 fully saturated rings. The first kappa shape index (κ1) is 35.0. The largest absolute Gasteiger partial charge is 0.208 e. The van der Waals surface area contributed by atoms with Gasteiger partial charge in [-0.1, -0.05) is 212 Å². The van der Waals surface area contributed by atoms with E-state index in [0.29, 0.717) is 17.5 Å². The molecule has 0 amide bonds. The summed E-state index contributed by atoms with van der Waals surface area (Å²) in [6, 6.07) is 80.5. The molecule has 1 aliphatic carbocycles. The van der Waals surface area contributed by atoms with Gasteiger partial charge in [-0.15, -0.1) is 0 Å². The van der Waals surface area contributed by atoms with E-state index in [-0.39, 0.29) is 0 Å². The minimum Gasteiger partial charge on any atom is -0.208 e. The average Bonchev–Trinajstić information content (AvgIpc) is 3.64. The fraction of sp³-hybridized carbons (Fsp3) is 0.0172. The van der Waals surface area contributed by atoms with Crippen LogP contribution < -0.4 is 0 Å². The van der Waals surface area contributed by atoms with Gasteiger partial charge in [-0.05, 0) is 89.0 Å². The topological polar surface area (TPSA) is 38.7 Å². The lowest BCUT2D eigenvalue weighted by atomic mass is 9.67. The smallest absolute Gasteiger partial charge is 0.164 e. The van der Waals surface area contributed by atoms with Crippen LogP contribution in [-0.4, -0.2) is 15.0 Å². The van der Waals surface area contributed by atoms with Gasteiger partial charge in [-0.25, -0.2) is 15.0 Å². The van der Waals surface area contributed by atoms with Gasteiger partial charge in [0, 0.05) is 16.7 Å². The molecular formula is C58H37N3. The van der Waals surface area contributed by atoms with Crippen molar-refractivity contribution in [2.75, 3.05) is 0 Å². The molecule has 10 aromatic carbocycles. The van der Waals surface area contributed by atoms with Crippen molar-refractivity contribution >= 4 is 32.3 Å². The van der Waals surface area contributed by atoms with Crippen LogP contribution in [0.5, 0.6) is 0 Å². The molecule has 1 aliphatic rings. The summed E-state index contributed by atoms with van der Waals surface area (Å²) >= 11 is 0. The number of aromatic nitrogens is 3. The van der Waals surface area contributed by atoms with E-state index < -0.39 is 5.41 Å². The van der Waals surface area contributed by atoms with Crippen LogP contribution in [0.4, 0.5) is 0 Å². The van der Waals surface area contributed by atoms with Crippen LogP contribution in [0.2, 0.25) is 0 Å². The van der Waals surface area contributed by atoms with Gasteiger partial charge < -0.3 is 0 Å². The number of rotatable bonds is 6. The zero-order valence-corrected chi connectivity index (χ0v) is 33.2. The summed E-state index contributed by atoms with van der Waals surface area (Å²) in [5.74, 6) is 1.88. The van der Waals surface area contributed by atoms with Crippen LogP contribution in [0, 0.1) is 0 Å². The maximum atomic E-state index is 5.44. The summed E-state index contributed by atoms with van der Waals surface area (Å²) < 4.78 is 0. The zero-order chi connectivity index (χ0) is 40.3. The van der Waals surface area contributed by atoms with Crippen molar-refractivity contribution in [3.05, 3.63) is 247 Å². The van der Waals surface area contributed by atoms with Gasteiger partial charge in [-0.3, -0.25) is 0 Å². The normalized spacial score (nSPS) is 12.7. The highest BCUT2D eigenvalue weighted by molar-refractivity contribution is 6.21. The fourth-order valence-corrected chi connectivity index (χ4v) is 9.93. The molecular weight excluding hydrogens is 739 g/mol. The summed E-state index contributed by atoms with van der Waals surface area (Å²) in [5.41, 5.74) is 11.9. The highest BCUT2D eigenvalue weighted by Gasteiger charge is 2.46. The molecule has 3 heteroatoms. The molecule has 61 heavy (non-hydrogen) atoms. The first-order valence-electron chi connectivity index (χ1n) is 20.9. The lowest BCUT2D eigenvalue weighted by Crippen LogP contribution is -2.28. The van der Waals surface area contributed by atoms with Gasteiger partial charge in [0.2, 0.25) is 0 Å². The first-order valence-corrected chi connectivity index (χ1v) is 20.9. The van der Waals surface area contributed by atoms with Crippen molar-refractivity contribution in [1.82, 2.24) is 15.0 Å². The lowest BCUT2D eigenvalue weighted by molar-refractivity contribution is 0.768. The highest BCUT2D eigenvalue weighted by Crippen LogP contribution is 2.56. The second-order valence-electron chi connectivity index (χ2n) is 15.9. The van der Waals surface area contributed by atoms with Crippen LogP contribution in [0.1, 0.15) is 22.3 Å². The minimum absolute atomic E-state index is 0.547. The second kappa shape index (κ2) is 14.1. The third-order valence-electron chi connectivity index (χ3n) is 12.6. The first-order chi connectivity index (χ1) is 30.3. The maximum absolute atomic E-state index is 5.44. The van der Waals surface area contributed by atoms with Crippen LogP contribution in [-0.2, 0) is 5.41 Å². The number of fused-ring (bicyclic) bond motifs is 7. The lowest BCUT2D eigenvalue weighted by Gasteiger charge is -2.34. The Bertz CT molecular complexity index is 3430. The molecule has 284 valence electrons. The minimum atomic E-state index is -0.547. The van der Waals surface area contributed by atoms with Gasteiger partial charge in [0.25, 0.3) is 0 Å². The number of hydrogen-bond acceptors (Lipinski definition) is 3. The van der Waals surface area contributed by atoms with E-state index in [0.717, 1.165) is 22.3 Å². The molecule has 0 spiro atoms. The molecule has 0 radical (unpaired) electrons. The van der Waals surface area contributed by atoms with Crippen LogP contribution in [0.25, 0.3) is 88.7 Å². The molecule has 1 aromatic heterocycles. The molecule has 0 atom stereocenters. The van der Waals surface area contributed by atoms with Crippen molar-refractivity contribution in [2.45, 2.75) is 5.41 Å². The van der Waals surface area contributed by atoms with E-state index in [1.807, 2.05) is 18.2 Å². The Morgan fingerprint density at radius 1 is 0.279 bits per heavy atom. The Labute approximate surface area is 354 Å². The molecule has 11 aromatic rings. The summed E-state index contributed by atoms with van der Waals surface area (Å²) in [7, 11) is 0. The van der Waals surface area contributed by atoms with Crippen LogP contribution in [0.15, 0.2) is 224 Å². The fourth-order valence-electron chi connectivity index (χ4n) is 9.93. The Morgan fingerprint density at radius 2 is 0.820 bits per heavy atom. The molecule has 0 bridgehead atoms. The third kappa shape index (κ3) is 5.48. The predicted molar refractivity (Wildman–Crippen MR) is 251 cm³/mol. The van der Waals surface area contributed by atoms with Gasteiger partial charge in [-0.2, -0.15) is 0 Å². The van der Waals surface area contributed by atoms with E-state index in [4.69, 9.17) is 15.0 Å². The number of benzene rings is 10. The molecule has 0 saturated heterocycles. The van der Waals surface area contributed by atoms with E-state index in [1.54, 1.807) is 0 Å². The molecule has 0 saturated carbocycles.